The van der Waals surface area contributed by atoms with Crippen LogP contribution in [0.4, 0.5) is 0 Å². The number of rotatable bonds is 5. The van der Waals surface area contributed by atoms with Crippen molar-refractivity contribution in [2.75, 3.05) is 0 Å². The molecule has 0 saturated carbocycles. The highest BCUT2D eigenvalue weighted by molar-refractivity contribution is 7.09. The van der Waals surface area contributed by atoms with Gasteiger partial charge in [0, 0.05) is 23.4 Å². The monoisotopic (exact) mass is 262 g/mol. The molecule has 0 fully saturated rings. The second kappa shape index (κ2) is 5.98. The van der Waals surface area contributed by atoms with Crippen molar-refractivity contribution < 1.29 is 4.74 Å². The van der Waals surface area contributed by atoms with E-state index in [1.165, 1.54) is 0 Å². The fraction of sp³-hybridized carbons (Fsp3) is 0.357. The van der Waals surface area contributed by atoms with E-state index in [-0.39, 0.29) is 0 Å². The van der Waals surface area contributed by atoms with Crippen LogP contribution in [-0.2, 0) is 13.2 Å². The van der Waals surface area contributed by atoms with Crippen molar-refractivity contribution in [1.29, 1.82) is 0 Å². The molecule has 18 heavy (non-hydrogen) atoms. The van der Waals surface area contributed by atoms with E-state index in [4.69, 9.17) is 10.5 Å². The van der Waals surface area contributed by atoms with Gasteiger partial charge in [0.15, 0.2) is 0 Å². The summed E-state index contributed by atoms with van der Waals surface area (Å²) < 4.78 is 5.77. The molecule has 0 aliphatic heterocycles. The molecule has 0 aliphatic rings. The second-order valence-corrected chi connectivity index (χ2v) is 5.32. The molecule has 0 amide bonds. The summed E-state index contributed by atoms with van der Waals surface area (Å²) >= 11 is 1.69. The third-order valence-electron chi connectivity index (χ3n) is 2.63. The van der Waals surface area contributed by atoms with Crippen molar-refractivity contribution in [2.24, 2.45) is 5.73 Å². The quantitative estimate of drug-likeness (QED) is 0.899. The lowest BCUT2D eigenvalue weighted by atomic mass is 10.2. The van der Waals surface area contributed by atoms with Gasteiger partial charge in [0.05, 0.1) is 10.7 Å². The summed E-state index contributed by atoms with van der Waals surface area (Å²) in [6, 6.07) is 7.84. The van der Waals surface area contributed by atoms with E-state index >= 15 is 0 Å². The summed E-state index contributed by atoms with van der Waals surface area (Å²) in [5.74, 6) is 1.32. The molecule has 2 aromatic rings. The number of hydrogen-bond acceptors (Lipinski definition) is 4. The molecule has 0 radical (unpaired) electrons. The Morgan fingerprint density at radius 2 is 2.11 bits per heavy atom. The first kappa shape index (κ1) is 13.1. The maximum absolute atomic E-state index is 5.77. The highest BCUT2D eigenvalue weighted by Crippen LogP contribution is 2.22. The third kappa shape index (κ3) is 3.09. The number of benzene rings is 1. The van der Waals surface area contributed by atoms with Crippen LogP contribution in [-0.4, -0.2) is 4.98 Å². The van der Waals surface area contributed by atoms with Gasteiger partial charge in [-0.15, -0.1) is 11.3 Å². The fourth-order valence-electron chi connectivity index (χ4n) is 1.62. The molecular formula is C14H18N2OS. The number of ether oxygens (including phenoxy) is 1. The Balaban J connectivity index is 2.02. The van der Waals surface area contributed by atoms with Gasteiger partial charge in [0.2, 0.25) is 0 Å². The van der Waals surface area contributed by atoms with E-state index < -0.39 is 0 Å². The van der Waals surface area contributed by atoms with Crippen LogP contribution in [0, 0.1) is 0 Å². The smallest absolute Gasteiger partial charge is 0.131 e. The number of thiazole rings is 1. The molecular weight excluding hydrogens is 244 g/mol. The third-order valence-corrected chi connectivity index (χ3v) is 3.83. The average Bonchev–Trinajstić information content (AvgIpc) is 2.85. The lowest BCUT2D eigenvalue weighted by Gasteiger charge is -2.08. The number of nitrogens with zero attached hydrogens (tertiary/aromatic N) is 1. The van der Waals surface area contributed by atoms with Gasteiger partial charge in [0.25, 0.3) is 0 Å². The van der Waals surface area contributed by atoms with Gasteiger partial charge in [-0.1, -0.05) is 32.0 Å². The van der Waals surface area contributed by atoms with Gasteiger partial charge in [-0.25, -0.2) is 4.98 Å². The van der Waals surface area contributed by atoms with Crippen LogP contribution in [0.15, 0.2) is 29.6 Å². The maximum Gasteiger partial charge on any atom is 0.131 e. The number of hydrogen-bond donors (Lipinski definition) is 1. The molecule has 1 aromatic heterocycles. The largest absolute Gasteiger partial charge is 0.487 e. The normalized spacial score (nSPS) is 10.9. The minimum absolute atomic E-state index is 0.472. The van der Waals surface area contributed by atoms with E-state index in [0.29, 0.717) is 19.1 Å². The lowest BCUT2D eigenvalue weighted by molar-refractivity contribution is 0.298. The standard InChI is InChI=1S/C14H18N2OS/c1-10(2)14-16-12(9-18-14)8-17-13-6-4-3-5-11(13)7-15/h3-6,9-10H,7-8,15H2,1-2H3. The first-order valence-electron chi connectivity index (χ1n) is 6.05. The Morgan fingerprint density at radius 3 is 2.78 bits per heavy atom. The molecule has 0 aliphatic carbocycles. The number of nitrogens with two attached hydrogens (primary N) is 1. The molecule has 0 unspecified atom stereocenters. The van der Waals surface area contributed by atoms with Crippen molar-refractivity contribution >= 4 is 11.3 Å². The highest BCUT2D eigenvalue weighted by atomic mass is 32.1. The Labute approximate surface area is 112 Å². The van der Waals surface area contributed by atoms with Crippen molar-refractivity contribution in [3.05, 3.63) is 45.9 Å². The maximum atomic E-state index is 5.77. The SMILES string of the molecule is CC(C)c1nc(COc2ccccc2CN)cs1. The molecule has 0 spiro atoms. The van der Waals surface area contributed by atoms with E-state index in [9.17, 15) is 0 Å². The molecule has 1 heterocycles. The minimum atomic E-state index is 0.472. The zero-order chi connectivity index (χ0) is 13.0. The van der Waals surface area contributed by atoms with Gasteiger partial charge < -0.3 is 10.5 Å². The average molecular weight is 262 g/mol. The summed E-state index contributed by atoms with van der Waals surface area (Å²) in [4.78, 5) is 4.54. The Kier molecular flexibility index (Phi) is 4.33. The zero-order valence-electron chi connectivity index (χ0n) is 10.7. The number of para-hydroxylation sites is 1. The Bertz CT molecular complexity index is 508. The highest BCUT2D eigenvalue weighted by Gasteiger charge is 2.07. The van der Waals surface area contributed by atoms with E-state index in [1.54, 1.807) is 11.3 Å². The predicted octanol–water partition coefficient (Wildman–Crippen LogP) is 3.30. The predicted molar refractivity (Wildman–Crippen MR) is 74.9 cm³/mol. The van der Waals surface area contributed by atoms with Gasteiger partial charge >= 0.3 is 0 Å². The van der Waals surface area contributed by atoms with Crippen molar-refractivity contribution in [3.63, 3.8) is 0 Å². The molecule has 4 heteroatoms. The van der Waals surface area contributed by atoms with Crippen molar-refractivity contribution in [3.8, 4) is 5.75 Å². The summed E-state index contributed by atoms with van der Waals surface area (Å²) in [6.45, 7) is 5.28. The number of aromatic nitrogens is 1. The topological polar surface area (TPSA) is 48.1 Å². The van der Waals surface area contributed by atoms with Crippen LogP contribution in [0.1, 0.15) is 36.0 Å². The molecule has 2 N–H and O–H groups in total. The molecule has 3 nitrogen and oxygen atoms in total. The molecule has 96 valence electrons. The molecule has 0 bridgehead atoms. The van der Waals surface area contributed by atoms with Crippen LogP contribution in [0.5, 0.6) is 5.75 Å². The summed E-state index contributed by atoms with van der Waals surface area (Å²) in [7, 11) is 0. The van der Waals surface area contributed by atoms with Gasteiger partial charge in [-0.2, -0.15) is 0 Å². The van der Waals surface area contributed by atoms with Gasteiger partial charge in [0.1, 0.15) is 12.4 Å². The first-order chi connectivity index (χ1) is 8.70. The molecule has 1 aromatic carbocycles. The van der Waals surface area contributed by atoms with Crippen LogP contribution >= 0.6 is 11.3 Å². The first-order valence-corrected chi connectivity index (χ1v) is 6.93. The van der Waals surface area contributed by atoms with E-state index in [0.717, 1.165) is 22.0 Å². The van der Waals surface area contributed by atoms with Crippen molar-refractivity contribution in [1.82, 2.24) is 4.98 Å². The van der Waals surface area contributed by atoms with Crippen LogP contribution in [0.2, 0.25) is 0 Å². The minimum Gasteiger partial charge on any atom is -0.487 e. The summed E-state index contributed by atoms with van der Waals surface area (Å²) in [5.41, 5.74) is 7.68. The molecule has 0 saturated heterocycles. The fourth-order valence-corrected chi connectivity index (χ4v) is 2.44. The molecule has 2 rings (SSSR count). The zero-order valence-corrected chi connectivity index (χ0v) is 11.5. The Morgan fingerprint density at radius 1 is 1.33 bits per heavy atom. The van der Waals surface area contributed by atoms with Crippen LogP contribution < -0.4 is 10.5 Å². The molecule has 0 atom stereocenters. The van der Waals surface area contributed by atoms with Crippen molar-refractivity contribution in [2.45, 2.75) is 32.9 Å². The van der Waals surface area contributed by atoms with E-state index in [2.05, 4.69) is 24.2 Å². The Hall–Kier alpha value is -1.39. The van der Waals surface area contributed by atoms with Gasteiger partial charge in [-0.3, -0.25) is 0 Å². The van der Waals surface area contributed by atoms with Crippen LogP contribution in [0.3, 0.4) is 0 Å². The summed E-state index contributed by atoms with van der Waals surface area (Å²) in [6.07, 6.45) is 0. The second-order valence-electron chi connectivity index (χ2n) is 4.43. The van der Waals surface area contributed by atoms with Crippen LogP contribution in [0.25, 0.3) is 0 Å². The summed E-state index contributed by atoms with van der Waals surface area (Å²) in [5, 5.41) is 3.21. The van der Waals surface area contributed by atoms with Gasteiger partial charge in [-0.05, 0) is 6.07 Å². The lowest BCUT2D eigenvalue weighted by Crippen LogP contribution is -2.02. The van der Waals surface area contributed by atoms with E-state index in [1.807, 2.05) is 24.3 Å².